The normalized spacial score (nSPS) is 12.8. The number of carbonyl (C=O) groups excluding carboxylic acids is 1. The minimum Gasteiger partial charge on any atom is -0.612 e. The molecular weight excluding hydrogens is 451 g/mol. The molecule has 0 aliphatic heterocycles. The van der Waals surface area contributed by atoms with Crippen molar-refractivity contribution < 1.29 is 22.5 Å². The highest BCUT2D eigenvalue weighted by Gasteiger charge is 2.42. The molecule has 0 fully saturated rings. The van der Waals surface area contributed by atoms with Crippen molar-refractivity contribution in [2.45, 2.75) is 44.4 Å². The molecule has 3 aromatic rings. The Morgan fingerprint density at radius 2 is 1.82 bits per heavy atom. The zero-order valence-corrected chi connectivity index (χ0v) is 19.9. The van der Waals surface area contributed by atoms with E-state index in [1.54, 1.807) is 57.3 Å². The van der Waals surface area contributed by atoms with Crippen LogP contribution in [-0.2, 0) is 23.9 Å². The third-order valence-electron chi connectivity index (χ3n) is 5.58. The van der Waals surface area contributed by atoms with E-state index in [1.807, 2.05) is 0 Å². The van der Waals surface area contributed by atoms with Crippen molar-refractivity contribution in [3.05, 3.63) is 71.2 Å². The van der Waals surface area contributed by atoms with Gasteiger partial charge in [0.1, 0.15) is 17.6 Å². The average Bonchev–Trinajstić information content (AvgIpc) is 3.05. The van der Waals surface area contributed by atoms with Crippen LogP contribution in [0.2, 0.25) is 0 Å². The fourth-order valence-electron chi connectivity index (χ4n) is 3.67. The molecule has 0 N–H and O–H groups in total. The topological polar surface area (TPSA) is 61.2 Å². The second-order valence-electron chi connectivity index (χ2n) is 8.11. The molecule has 0 bridgehead atoms. The van der Waals surface area contributed by atoms with Gasteiger partial charge in [-0.25, -0.2) is 0 Å². The number of alkyl halides is 3. The first-order chi connectivity index (χ1) is 15.4. The summed E-state index contributed by atoms with van der Waals surface area (Å²) < 4.78 is 55.7. The minimum atomic E-state index is -4.69. The van der Waals surface area contributed by atoms with Crippen LogP contribution in [0, 0.1) is 6.92 Å². The molecule has 9 heteroatoms. The summed E-state index contributed by atoms with van der Waals surface area (Å²) in [6, 6.07) is 11.6. The van der Waals surface area contributed by atoms with E-state index in [0.29, 0.717) is 10.5 Å². The SMILES string of the molecule is Cc1c(-c2ccc([S+](C)[O-])cn2)c(C(=O)N(C)C(C)C)n(Cc2ccccc2)c1C(F)(F)F. The molecule has 3 rings (SSSR count). The predicted molar refractivity (Wildman–Crippen MR) is 123 cm³/mol. The molecule has 2 heterocycles. The number of amides is 1. The van der Waals surface area contributed by atoms with Gasteiger partial charge in [0.05, 0.1) is 11.9 Å². The minimum absolute atomic E-state index is 0.0715. The number of pyridine rings is 1. The number of halogens is 3. The van der Waals surface area contributed by atoms with Gasteiger partial charge >= 0.3 is 6.18 Å². The molecule has 1 amide bonds. The van der Waals surface area contributed by atoms with Crippen molar-refractivity contribution in [2.24, 2.45) is 0 Å². The zero-order valence-electron chi connectivity index (χ0n) is 19.1. The Labute approximate surface area is 194 Å². The largest absolute Gasteiger partial charge is 0.612 e. The van der Waals surface area contributed by atoms with Crippen LogP contribution in [-0.4, -0.2) is 44.3 Å². The van der Waals surface area contributed by atoms with Crippen molar-refractivity contribution in [1.29, 1.82) is 0 Å². The van der Waals surface area contributed by atoms with E-state index in [9.17, 15) is 22.5 Å². The van der Waals surface area contributed by atoms with Gasteiger partial charge in [0.15, 0.2) is 4.90 Å². The lowest BCUT2D eigenvalue weighted by molar-refractivity contribution is -0.143. The molecule has 0 spiro atoms. The molecule has 5 nitrogen and oxygen atoms in total. The van der Waals surface area contributed by atoms with Gasteiger partial charge in [-0.05, 0) is 55.2 Å². The third-order valence-corrected chi connectivity index (χ3v) is 6.49. The molecule has 176 valence electrons. The Morgan fingerprint density at radius 1 is 1.18 bits per heavy atom. The van der Waals surface area contributed by atoms with Crippen molar-refractivity contribution in [3.63, 3.8) is 0 Å². The quantitative estimate of drug-likeness (QED) is 0.462. The van der Waals surface area contributed by atoms with E-state index in [2.05, 4.69) is 4.98 Å². The van der Waals surface area contributed by atoms with Crippen LogP contribution in [0.5, 0.6) is 0 Å². The number of hydrogen-bond acceptors (Lipinski definition) is 3. The number of nitrogens with zero attached hydrogens (tertiary/aromatic N) is 3. The van der Waals surface area contributed by atoms with E-state index in [1.165, 1.54) is 30.3 Å². The molecule has 1 aromatic carbocycles. The molecule has 0 saturated heterocycles. The van der Waals surface area contributed by atoms with E-state index in [0.717, 1.165) is 4.57 Å². The molecule has 0 radical (unpaired) electrons. The Bertz CT molecular complexity index is 1120. The van der Waals surface area contributed by atoms with E-state index >= 15 is 0 Å². The molecule has 1 atom stereocenters. The standard InChI is InChI=1S/C24H26F3N3O2S/c1-15(2)29(4)23(31)21-20(19-12-11-18(13-28-19)33(5)32)16(3)22(24(25,26)27)30(21)14-17-9-7-6-8-10-17/h6-13,15H,14H2,1-5H3. The van der Waals surface area contributed by atoms with Crippen LogP contribution >= 0.6 is 0 Å². The second kappa shape index (κ2) is 9.61. The van der Waals surface area contributed by atoms with Gasteiger partial charge in [0.25, 0.3) is 5.91 Å². The molecule has 0 aliphatic carbocycles. The lowest BCUT2D eigenvalue weighted by Crippen LogP contribution is -2.35. The summed E-state index contributed by atoms with van der Waals surface area (Å²) in [5.41, 5.74) is -0.0412. The van der Waals surface area contributed by atoms with Crippen LogP contribution in [0.1, 0.15) is 41.2 Å². The van der Waals surface area contributed by atoms with Gasteiger partial charge in [0.2, 0.25) is 0 Å². The molecule has 0 saturated carbocycles. The van der Waals surface area contributed by atoms with Crippen LogP contribution in [0.15, 0.2) is 53.6 Å². The van der Waals surface area contributed by atoms with Crippen molar-refractivity contribution >= 4 is 17.1 Å². The Kier molecular flexibility index (Phi) is 7.23. The van der Waals surface area contributed by atoms with Crippen LogP contribution in [0.3, 0.4) is 0 Å². The first-order valence-corrected chi connectivity index (χ1v) is 11.9. The van der Waals surface area contributed by atoms with Gasteiger partial charge in [0, 0.05) is 25.2 Å². The fourth-order valence-corrected chi connectivity index (χ4v) is 4.13. The molecule has 33 heavy (non-hydrogen) atoms. The highest BCUT2D eigenvalue weighted by Crippen LogP contribution is 2.41. The molecule has 2 aromatic heterocycles. The van der Waals surface area contributed by atoms with Crippen molar-refractivity contribution in [2.75, 3.05) is 13.3 Å². The molecule has 1 unspecified atom stereocenters. The van der Waals surface area contributed by atoms with Crippen molar-refractivity contribution in [3.8, 4) is 11.3 Å². The Balaban J connectivity index is 2.34. The summed E-state index contributed by atoms with van der Waals surface area (Å²) in [4.78, 5) is 19.7. The summed E-state index contributed by atoms with van der Waals surface area (Å²) in [6.45, 7) is 4.83. The third kappa shape index (κ3) is 5.09. The molecular formula is C24H26F3N3O2S. The van der Waals surface area contributed by atoms with Crippen LogP contribution in [0.4, 0.5) is 13.2 Å². The maximum Gasteiger partial charge on any atom is 0.431 e. The van der Waals surface area contributed by atoms with Crippen LogP contribution in [0.25, 0.3) is 11.3 Å². The Morgan fingerprint density at radius 3 is 2.30 bits per heavy atom. The van der Waals surface area contributed by atoms with Crippen LogP contribution < -0.4 is 0 Å². The first-order valence-electron chi connectivity index (χ1n) is 10.3. The lowest BCUT2D eigenvalue weighted by Gasteiger charge is -2.24. The van der Waals surface area contributed by atoms with E-state index in [-0.39, 0.29) is 35.1 Å². The van der Waals surface area contributed by atoms with E-state index < -0.39 is 29.0 Å². The number of benzene rings is 1. The van der Waals surface area contributed by atoms with Gasteiger partial charge in [-0.1, -0.05) is 30.3 Å². The molecule has 0 aliphatic rings. The van der Waals surface area contributed by atoms with Gasteiger partial charge in [-0.3, -0.25) is 9.78 Å². The second-order valence-corrected chi connectivity index (χ2v) is 9.49. The highest BCUT2D eigenvalue weighted by atomic mass is 32.2. The summed E-state index contributed by atoms with van der Waals surface area (Å²) in [7, 11) is 1.57. The Hall–Kier alpha value is -2.78. The van der Waals surface area contributed by atoms with E-state index in [4.69, 9.17) is 0 Å². The monoisotopic (exact) mass is 477 g/mol. The van der Waals surface area contributed by atoms with Gasteiger partial charge in [-0.15, -0.1) is 0 Å². The number of hydrogen-bond donors (Lipinski definition) is 0. The van der Waals surface area contributed by atoms with Gasteiger partial charge in [-0.2, -0.15) is 13.2 Å². The van der Waals surface area contributed by atoms with Gasteiger partial charge < -0.3 is 14.0 Å². The summed E-state index contributed by atoms with van der Waals surface area (Å²) in [6.07, 6.45) is -1.83. The highest BCUT2D eigenvalue weighted by molar-refractivity contribution is 7.90. The first kappa shape index (κ1) is 24.9. The maximum absolute atomic E-state index is 14.3. The predicted octanol–water partition coefficient (Wildman–Crippen LogP) is 5.14. The lowest BCUT2D eigenvalue weighted by atomic mass is 10.0. The maximum atomic E-state index is 14.3. The average molecular weight is 478 g/mol. The fraction of sp³-hybridized carbons (Fsp3) is 0.333. The summed E-state index contributed by atoms with van der Waals surface area (Å²) >= 11 is -1.29. The summed E-state index contributed by atoms with van der Waals surface area (Å²) in [5, 5.41) is 0. The summed E-state index contributed by atoms with van der Waals surface area (Å²) in [5.74, 6) is -0.528. The van der Waals surface area contributed by atoms with Crippen molar-refractivity contribution in [1.82, 2.24) is 14.5 Å². The number of aromatic nitrogens is 2. The zero-order chi connectivity index (χ0) is 24.5. The number of carbonyl (C=O) groups is 1. The number of rotatable bonds is 6. The smallest absolute Gasteiger partial charge is 0.431 e.